The van der Waals surface area contributed by atoms with Gasteiger partial charge in [-0.1, -0.05) is 12.1 Å². The molecule has 0 radical (unpaired) electrons. The maximum absolute atomic E-state index is 11.2. The van der Waals surface area contributed by atoms with Crippen molar-refractivity contribution in [3.05, 3.63) is 24.3 Å². The number of anilines is 1. The molecule has 0 fully saturated rings. The zero-order chi connectivity index (χ0) is 13.1. The molecule has 2 amide bonds. The van der Waals surface area contributed by atoms with Gasteiger partial charge in [-0.15, -0.1) is 0 Å². The average molecular weight is 259 g/mol. The second-order valence-corrected chi connectivity index (χ2v) is 4.47. The predicted octanol–water partition coefficient (Wildman–Crippen LogP) is -1.22. The van der Waals surface area contributed by atoms with Crippen molar-refractivity contribution in [3.8, 4) is 0 Å². The number of amides is 2. The highest BCUT2D eigenvalue weighted by atomic mass is 32.2. The van der Waals surface area contributed by atoms with Crippen molar-refractivity contribution in [2.45, 2.75) is 4.90 Å². The third kappa shape index (κ3) is 3.24. The van der Waals surface area contributed by atoms with Crippen molar-refractivity contribution in [3.63, 3.8) is 0 Å². The van der Waals surface area contributed by atoms with E-state index in [0.717, 1.165) is 5.48 Å². The summed E-state index contributed by atoms with van der Waals surface area (Å²) in [4.78, 5) is 21.5. The third-order valence-electron chi connectivity index (χ3n) is 1.75. The van der Waals surface area contributed by atoms with Gasteiger partial charge in [0, 0.05) is 0 Å². The predicted molar refractivity (Wildman–Crippen MR) is 56.4 cm³/mol. The van der Waals surface area contributed by atoms with E-state index in [1.165, 1.54) is 24.3 Å². The lowest BCUT2D eigenvalue weighted by Gasteiger charge is -2.07. The molecule has 0 bridgehead atoms. The Balaban J connectivity index is 3.08. The molecule has 92 valence electrons. The van der Waals surface area contributed by atoms with Gasteiger partial charge >= 0.3 is 11.8 Å². The Morgan fingerprint density at radius 1 is 1.18 bits per heavy atom. The van der Waals surface area contributed by atoms with E-state index in [4.69, 9.17) is 10.3 Å². The van der Waals surface area contributed by atoms with Crippen molar-refractivity contribution in [2.24, 2.45) is 5.14 Å². The lowest BCUT2D eigenvalue weighted by atomic mass is 10.3. The first-order valence-corrected chi connectivity index (χ1v) is 5.78. The number of nitrogens with two attached hydrogens (primary N) is 1. The largest absolute Gasteiger partial charge is 0.332 e. The minimum atomic E-state index is -4.02. The molecule has 0 unspecified atom stereocenters. The third-order valence-corrected chi connectivity index (χ3v) is 2.72. The van der Waals surface area contributed by atoms with Gasteiger partial charge in [0.05, 0.1) is 5.69 Å². The normalized spacial score (nSPS) is 10.7. The Labute approximate surface area is 96.4 Å². The second-order valence-electron chi connectivity index (χ2n) is 2.94. The fraction of sp³-hybridized carbons (Fsp3) is 0. The van der Waals surface area contributed by atoms with Crippen LogP contribution in [0.5, 0.6) is 0 Å². The quantitative estimate of drug-likeness (QED) is 0.299. The summed E-state index contributed by atoms with van der Waals surface area (Å²) in [6, 6.07) is 5.27. The van der Waals surface area contributed by atoms with Crippen molar-refractivity contribution in [1.29, 1.82) is 0 Å². The van der Waals surface area contributed by atoms with Crippen LogP contribution in [-0.2, 0) is 19.6 Å². The Bertz CT molecular complexity index is 554. The van der Waals surface area contributed by atoms with E-state index < -0.39 is 21.8 Å². The van der Waals surface area contributed by atoms with Crippen LogP contribution < -0.4 is 15.9 Å². The van der Waals surface area contributed by atoms with Crippen LogP contribution in [0.15, 0.2) is 29.2 Å². The second kappa shape index (κ2) is 4.91. The number of hydrogen-bond donors (Lipinski definition) is 4. The van der Waals surface area contributed by atoms with Gasteiger partial charge < -0.3 is 5.32 Å². The van der Waals surface area contributed by atoms with Gasteiger partial charge in [0.15, 0.2) is 0 Å². The molecule has 1 rings (SSSR count). The highest BCUT2D eigenvalue weighted by Gasteiger charge is 2.18. The highest BCUT2D eigenvalue weighted by Crippen LogP contribution is 2.18. The van der Waals surface area contributed by atoms with Gasteiger partial charge in [-0.3, -0.25) is 14.8 Å². The molecule has 9 heteroatoms. The minimum absolute atomic E-state index is 0.149. The summed E-state index contributed by atoms with van der Waals surface area (Å²) in [5.74, 6) is -2.54. The highest BCUT2D eigenvalue weighted by molar-refractivity contribution is 7.89. The molecule has 0 heterocycles. The van der Waals surface area contributed by atoms with Crippen LogP contribution in [0, 0.1) is 0 Å². The molecular weight excluding hydrogens is 250 g/mol. The summed E-state index contributed by atoms with van der Waals surface area (Å²) in [5.41, 5.74) is 0.962. The van der Waals surface area contributed by atoms with Crippen LogP contribution in [-0.4, -0.2) is 25.4 Å². The number of benzene rings is 1. The first kappa shape index (κ1) is 13.1. The molecule has 0 spiro atoms. The van der Waals surface area contributed by atoms with Crippen molar-refractivity contribution < 1.29 is 23.2 Å². The monoisotopic (exact) mass is 259 g/mol. The number of rotatable bonds is 2. The smallest absolute Gasteiger partial charge is 0.316 e. The molecule has 1 aromatic rings. The topological polar surface area (TPSA) is 139 Å². The van der Waals surface area contributed by atoms with Gasteiger partial charge in [-0.05, 0) is 12.1 Å². The summed E-state index contributed by atoms with van der Waals surface area (Å²) in [7, 11) is -4.02. The fourth-order valence-corrected chi connectivity index (χ4v) is 1.74. The first-order valence-electron chi connectivity index (χ1n) is 4.23. The summed E-state index contributed by atoms with van der Waals surface area (Å²) < 4.78 is 22.3. The minimum Gasteiger partial charge on any atom is -0.316 e. The van der Waals surface area contributed by atoms with Crippen LogP contribution >= 0.6 is 0 Å². The summed E-state index contributed by atoms with van der Waals surface area (Å²) in [5, 5.41) is 15.1. The number of primary sulfonamides is 1. The Kier molecular flexibility index (Phi) is 3.78. The molecule has 0 aromatic heterocycles. The SMILES string of the molecule is NS(=O)(=O)c1ccccc1NC(=O)C(=O)NO. The van der Waals surface area contributed by atoms with Crippen LogP contribution in [0.2, 0.25) is 0 Å². The molecule has 0 atom stereocenters. The molecule has 0 aliphatic rings. The number of carbonyl (C=O) groups is 2. The fourth-order valence-electron chi connectivity index (χ4n) is 1.05. The number of nitrogens with one attached hydrogen (secondary N) is 2. The van der Waals surface area contributed by atoms with Crippen LogP contribution in [0.1, 0.15) is 0 Å². The standard InChI is InChI=1S/C8H9N3O5S/c9-17(15,16)6-4-2-1-3-5(6)10-7(12)8(13)11-14/h1-4,14H,(H,10,12)(H,11,13)(H2,9,15,16). The van der Waals surface area contributed by atoms with E-state index in [1.807, 2.05) is 5.32 Å². The van der Waals surface area contributed by atoms with Gasteiger partial charge in [0.1, 0.15) is 4.90 Å². The van der Waals surface area contributed by atoms with Gasteiger partial charge in [-0.25, -0.2) is 19.0 Å². The Hall–Kier alpha value is -1.97. The van der Waals surface area contributed by atoms with Crippen LogP contribution in [0.3, 0.4) is 0 Å². The number of hydrogen-bond acceptors (Lipinski definition) is 5. The molecular formula is C8H9N3O5S. The molecule has 0 aliphatic carbocycles. The van der Waals surface area contributed by atoms with E-state index >= 15 is 0 Å². The lowest BCUT2D eigenvalue weighted by Crippen LogP contribution is -2.33. The van der Waals surface area contributed by atoms with Gasteiger partial charge in [-0.2, -0.15) is 0 Å². The van der Waals surface area contributed by atoms with Gasteiger partial charge in [0.25, 0.3) is 0 Å². The number of sulfonamides is 1. The maximum Gasteiger partial charge on any atom is 0.332 e. The van der Waals surface area contributed by atoms with E-state index in [2.05, 4.69) is 0 Å². The molecule has 0 saturated carbocycles. The van der Waals surface area contributed by atoms with E-state index in [1.54, 1.807) is 0 Å². The molecule has 1 aromatic carbocycles. The first-order chi connectivity index (χ1) is 7.86. The van der Waals surface area contributed by atoms with E-state index in [9.17, 15) is 18.0 Å². The van der Waals surface area contributed by atoms with Crippen LogP contribution in [0.4, 0.5) is 5.69 Å². The number of carbonyl (C=O) groups excluding carboxylic acids is 2. The summed E-state index contributed by atoms with van der Waals surface area (Å²) in [6.07, 6.45) is 0. The Morgan fingerprint density at radius 3 is 2.29 bits per heavy atom. The molecule has 8 nitrogen and oxygen atoms in total. The number of hydroxylamine groups is 1. The molecule has 0 aliphatic heterocycles. The van der Waals surface area contributed by atoms with E-state index in [-0.39, 0.29) is 10.6 Å². The maximum atomic E-state index is 11.2. The lowest BCUT2D eigenvalue weighted by molar-refractivity contribution is -0.141. The van der Waals surface area contributed by atoms with Crippen molar-refractivity contribution in [2.75, 3.05) is 5.32 Å². The summed E-state index contributed by atoms with van der Waals surface area (Å²) >= 11 is 0. The molecule has 5 N–H and O–H groups in total. The van der Waals surface area contributed by atoms with Crippen molar-refractivity contribution >= 4 is 27.5 Å². The Morgan fingerprint density at radius 2 is 1.76 bits per heavy atom. The zero-order valence-corrected chi connectivity index (χ0v) is 9.19. The van der Waals surface area contributed by atoms with Gasteiger partial charge in [0.2, 0.25) is 10.0 Å². The number of para-hydroxylation sites is 1. The summed E-state index contributed by atoms with van der Waals surface area (Å²) in [6.45, 7) is 0. The van der Waals surface area contributed by atoms with E-state index in [0.29, 0.717) is 0 Å². The molecule has 0 saturated heterocycles. The zero-order valence-electron chi connectivity index (χ0n) is 8.38. The molecule has 17 heavy (non-hydrogen) atoms. The average Bonchev–Trinajstić information content (AvgIpc) is 2.27. The van der Waals surface area contributed by atoms with Crippen LogP contribution in [0.25, 0.3) is 0 Å². The van der Waals surface area contributed by atoms with Crippen molar-refractivity contribution in [1.82, 2.24) is 5.48 Å².